The number of esters is 1. The SMILES string of the molecule is CCOC(=O)CS(=O)(=O)NC1C2CCC(C2)C1C(=O)O. The van der Waals surface area contributed by atoms with Crippen LogP contribution in [0.1, 0.15) is 26.2 Å². The number of sulfonamides is 1. The number of carbonyl (C=O) groups excluding carboxylic acids is 1. The van der Waals surface area contributed by atoms with Crippen molar-refractivity contribution in [3.05, 3.63) is 0 Å². The number of aliphatic carboxylic acids is 1. The van der Waals surface area contributed by atoms with Gasteiger partial charge in [-0.25, -0.2) is 13.1 Å². The maximum absolute atomic E-state index is 11.9. The molecule has 2 rings (SSSR count). The Morgan fingerprint density at radius 1 is 1.30 bits per heavy atom. The average Bonchev–Trinajstić information content (AvgIpc) is 2.87. The molecule has 0 spiro atoms. The van der Waals surface area contributed by atoms with E-state index >= 15 is 0 Å². The van der Waals surface area contributed by atoms with Crippen molar-refractivity contribution >= 4 is 22.0 Å². The molecule has 2 aliphatic rings. The second kappa shape index (κ2) is 5.69. The zero-order chi connectivity index (χ0) is 14.9. The van der Waals surface area contributed by atoms with Crippen LogP contribution in [-0.2, 0) is 24.3 Å². The van der Waals surface area contributed by atoms with Gasteiger partial charge in [0.2, 0.25) is 10.0 Å². The van der Waals surface area contributed by atoms with Crippen LogP contribution < -0.4 is 4.72 Å². The number of carboxylic acids is 1. The zero-order valence-corrected chi connectivity index (χ0v) is 12.1. The summed E-state index contributed by atoms with van der Waals surface area (Å²) in [6.07, 6.45) is 2.41. The molecule has 7 nitrogen and oxygen atoms in total. The zero-order valence-electron chi connectivity index (χ0n) is 11.2. The molecule has 2 aliphatic carbocycles. The third-order valence-electron chi connectivity index (χ3n) is 4.13. The van der Waals surface area contributed by atoms with Crippen molar-refractivity contribution in [2.24, 2.45) is 17.8 Å². The molecule has 0 amide bonds. The molecule has 2 saturated carbocycles. The number of carboxylic acid groups (broad SMARTS) is 1. The van der Waals surface area contributed by atoms with E-state index in [4.69, 9.17) is 0 Å². The summed E-state index contributed by atoms with van der Waals surface area (Å²) >= 11 is 0. The van der Waals surface area contributed by atoms with Crippen LogP contribution in [0.4, 0.5) is 0 Å². The average molecular weight is 305 g/mol. The number of nitrogens with one attached hydrogen (secondary N) is 1. The lowest BCUT2D eigenvalue weighted by Crippen LogP contribution is -2.48. The second-order valence-corrected chi connectivity index (χ2v) is 7.16. The minimum Gasteiger partial charge on any atom is -0.481 e. The van der Waals surface area contributed by atoms with Gasteiger partial charge in [0.25, 0.3) is 0 Å². The molecule has 114 valence electrons. The Kier molecular flexibility index (Phi) is 4.33. The van der Waals surface area contributed by atoms with E-state index in [1.807, 2.05) is 0 Å². The summed E-state index contributed by atoms with van der Waals surface area (Å²) < 4.78 is 30.8. The van der Waals surface area contributed by atoms with Gasteiger partial charge in [0.1, 0.15) is 0 Å². The largest absolute Gasteiger partial charge is 0.481 e. The number of hydrogen-bond acceptors (Lipinski definition) is 5. The summed E-state index contributed by atoms with van der Waals surface area (Å²) in [7, 11) is -3.86. The molecule has 20 heavy (non-hydrogen) atoms. The highest BCUT2D eigenvalue weighted by atomic mass is 32.2. The Morgan fingerprint density at radius 3 is 2.55 bits per heavy atom. The first-order valence-electron chi connectivity index (χ1n) is 6.72. The first-order chi connectivity index (χ1) is 9.34. The van der Waals surface area contributed by atoms with Gasteiger partial charge >= 0.3 is 11.9 Å². The lowest BCUT2D eigenvalue weighted by Gasteiger charge is -2.28. The monoisotopic (exact) mass is 305 g/mol. The van der Waals surface area contributed by atoms with Gasteiger partial charge in [0.15, 0.2) is 5.75 Å². The van der Waals surface area contributed by atoms with Gasteiger partial charge in [0, 0.05) is 6.04 Å². The lowest BCUT2D eigenvalue weighted by atomic mass is 9.85. The molecule has 8 heteroatoms. The summed E-state index contributed by atoms with van der Waals surface area (Å²) in [5.41, 5.74) is 0. The van der Waals surface area contributed by atoms with Crippen LogP contribution in [0.2, 0.25) is 0 Å². The van der Waals surface area contributed by atoms with E-state index in [2.05, 4.69) is 9.46 Å². The van der Waals surface area contributed by atoms with Crippen LogP contribution in [0.5, 0.6) is 0 Å². The van der Waals surface area contributed by atoms with Crippen molar-refractivity contribution in [3.8, 4) is 0 Å². The Hall–Kier alpha value is -1.15. The molecule has 0 saturated heterocycles. The van der Waals surface area contributed by atoms with Crippen molar-refractivity contribution < 1.29 is 27.9 Å². The summed E-state index contributed by atoms with van der Waals surface area (Å²) in [6, 6.07) is -0.606. The smallest absolute Gasteiger partial charge is 0.322 e. The molecule has 0 aromatic carbocycles. The molecule has 0 aliphatic heterocycles. The van der Waals surface area contributed by atoms with E-state index in [-0.39, 0.29) is 18.4 Å². The molecular formula is C12H19NO6S. The van der Waals surface area contributed by atoms with Crippen LogP contribution in [0, 0.1) is 17.8 Å². The summed E-state index contributed by atoms with van der Waals surface area (Å²) in [5.74, 6) is -3.16. The van der Waals surface area contributed by atoms with E-state index in [1.165, 1.54) is 0 Å². The van der Waals surface area contributed by atoms with Crippen LogP contribution in [0.25, 0.3) is 0 Å². The van der Waals surface area contributed by atoms with Gasteiger partial charge < -0.3 is 9.84 Å². The molecular weight excluding hydrogens is 286 g/mol. The normalized spacial score (nSPS) is 32.2. The van der Waals surface area contributed by atoms with Gasteiger partial charge in [-0.15, -0.1) is 0 Å². The van der Waals surface area contributed by atoms with Gasteiger partial charge in [-0.05, 0) is 38.0 Å². The van der Waals surface area contributed by atoms with Gasteiger partial charge in [-0.2, -0.15) is 0 Å². The van der Waals surface area contributed by atoms with Crippen LogP contribution in [0.3, 0.4) is 0 Å². The van der Waals surface area contributed by atoms with E-state index in [0.717, 1.165) is 19.3 Å². The topological polar surface area (TPSA) is 110 Å². The van der Waals surface area contributed by atoms with E-state index in [0.29, 0.717) is 0 Å². The Bertz CT molecular complexity index is 502. The minimum absolute atomic E-state index is 0.0350. The highest BCUT2D eigenvalue weighted by Gasteiger charge is 2.52. The van der Waals surface area contributed by atoms with Gasteiger partial charge in [-0.3, -0.25) is 9.59 Å². The molecule has 0 radical (unpaired) electrons. The Balaban J connectivity index is 2.04. The summed E-state index contributed by atoms with van der Waals surface area (Å²) in [5, 5.41) is 9.24. The number of carbonyl (C=O) groups is 2. The van der Waals surface area contributed by atoms with Gasteiger partial charge in [0.05, 0.1) is 12.5 Å². The third kappa shape index (κ3) is 3.12. The maximum atomic E-state index is 11.9. The molecule has 2 fully saturated rings. The molecule has 2 bridgehead atoms. The first-order valence-corrected chi connectivity index (χ1v) is 8.37. The summed E-state index contributed by atoms with van der Waals surface area (Å²) in [4.78, 5) is 22.5. The van der Waals surface area contributed by atoms with E-state index in [9.17, 15) is 23.1 Å². The Morgan fingerprint density at radius 2 is 1.95 bits per heavy atom. The van der Waals surface area contributed by atoms with Crippen LogP contribution in [0.15, 0.2) is 0 Å². The van der Waals surface area contributed by atoms with Crippen molar-refractivity contribution in [1.29, 1.82) is 0 Å². The van der Waals surface area contributed by atoms with E-state index in [1.54, 1.807) is 6.92 Å². The van der Waals surface area contributed by atoms with Crippen molar-refractivity contribution in [3.63, 3.8) is 0 Å². The van der Waals surface area contributed by atoms with Crippen LogP contribution in [-0.4, -0.2) is 43.9 Å². The standard InChI is InChI=1S/C12H19NO6S/c1-2-19-9(14)6-20(17,18)13-11-8-4-3-7(5-8)10(11)12(15)16/h7-8,10-11,13H,2-6H2,1H3,(H,15,16). The molecule has 0 aromatic heterocycles. The predicted octanol–water partition coefficient (Wildman–Crippen LogP) is -0.0318. The fourth-order valence-corrected chi connectivity index (χ4v) is 4.65. The molecule has 4 unspecified atom stereocenters. The minimum atomic E-state index is -3.86. The number of hydrogen-bond donors (Lipinski definition) is 2. The molecule has 0 heterocycles. The highest BCUT2D eigenvalue weighted by molar-refractivity contribution is 7.90. The highest BCUT2D eigenvalue weighted by Crippen LogP contribution is 2.48. The quantitative estimate of drug-likeness (QED) is 0.667. The fraction of sp³-hybridized carbons (Fsp3) is 0.833. The molecule has 4 atom stereocenters. The first kappa shape index (κ1) is 15.2. The van der Waals surface area contributed by atoms with Crippen molar-refractivity contribution in [2.45, 2.75) is 32.2 Å². The molecule has 0 aromatic rings. The Labute approximate surface area is 117 Å². The van der Waals surface area contributed by atoms with Crippen LogP contribution >= 0.6 is 0 Å². The van der Waals surface area contributed by atoms with Crippen molar-refractivity contribution in [2.75, 3.05) is 12.4 Å². The maximum Gasteiger partial charge on any atom is 0.322 e. The summed E-state index contributed by atoms with van der Waals surface area (Å²) in [6.45, 7) is 1.70. The second-order valence-electron chi connectivity index (χ2n) is 5.40. The fourth-order valence-electron chi connectivity index (χ4n) is 3.42. The lowest BCUT2D eigenvalue weighted by molar-refractivity contribution is -0.144. The molecule has 2 N–H and O–H groups in total. The van der Waals surface area contributed by atoms with E-state index < -0.39 is 39.7 Å². The van der Waals surface area contributed by atoms with Gasteiger partial charge in [-0.1, -0.05) is 0 Å². The number of fused-ring (bicyclic) bond motifs is 2. The van der Waals surface area contributed by atoms with Crippen molar-refractivity contribution in [1.82, 2.24) is 4.72 Å². The number of rotatable bonds is 6. The predicted molar refractivity (Wildman–Crippen MR) is 69.3 cm³/mol. The number of ether oxygens (including phenoxy) is 1. The third-order valence-corrected chi connectivity index (χ3v) is 5.38.